The highest BCUT2D eigenvalue weighted by molar-refractivity contribution is 7.99. The van der Waals surface area contributed by atoms with Gasteiger partial charge in [-0.15, -0.1) is 0 Å². The summed E-state index contributed by atoms with van der Waals surface area (Å²) >= 11 is 1.81. The first-order valence-electron chi connectivity index (χ1n) is 6.24. The van der Waals surface area contributed by atoms with E-state index in [0.29, 0.717) is 5.25 Å². The van der Waals surface area contributed by atoms with Crippen LogP contribution in [0.5, 0.6) is 0 Å². The number of hydrogen-bond donors (Lipinski definition) is 1. The summed E-state index contributed by atoms with van der Waals surface area (Å²) in [5.74, 6) is -0.206. The van der Waals surface area contributed by atoms with E-state index in [-0.39, 0.29) is 11.7 Å². The summed E-state index contributed by atoms with van der Waals surface area (Å²) in [5.41, 5.74) is 1.00. The Bertz CT molecular complexity index is 414. The van der Waals surface area contributed by atoms with Crippen LogP contribution in [-0.4, -0.2) is 16.3 Å². The van der Waals surface area contributed by atoms with Gasteiger partial charge in [0.15, 0.2) is 0 Å². The van der Waals surface area contributed by atoms with E-state index in [1.807, 2.05) is 17.8 Å². The highest BCUT2D eigenvalue weighted by atomic mass is 32.2. The Morgan fingerprint density at radius 3 is 2.67 bits per heavy atom. The zero-order valence-corrected chi connectivity index (χ0v) is 11.0. The Morgan fingerprint density at radius 2 is 2.06 bits per heavy atom. The van der Waals surface area contributed by atoms with Gasteiger partial charge in [0, 0.05) is 11.0 Å². The molecule has 1 aliphatic rings. The minimum absolute atomic E-state index is 0.156. The molecular formula is C14H17FO2S. The summed E-state index contributed by atoms with van der Waals surface area (Å²) in [7, 11) is 0. The standard InChI is InChI=1S/C14H17FO2S/c15-12-3-1-2-10(8-12)9-18-13-6-4-11(5-7-13)14(16)17/h1-3,8,11,13H,4-7,9H2,(H,16,17). The molecule has 2 rings (SSSR count). The molecule has 0 atom stereocenters. The Labute approximate surface area is 111 Å². The molecule has 0 amide bonds. The fraction of sp³-hybridized carbons (Fsp3) is 0.500. The van der Waals surface area contributed by atoms with Crippen molar-refractivity contribution in [2.24, 2.45) is 5.92 Å². The molecular weight excluding hydrogens is 251 g/mol. The summed E-state index contributed by atoms with van der Waals surface area (Å²) in [6.45, 7) is 0. The number of aliphatic carboxylic acids is 1. The average Bonchev–Trinajstić information content (AvgIpc) is 2.37. The minimum atomic E-state index is -0.663. The third-order valence-electron chi connectivity index (χ3n) is 3.40. The van der Waals surface area contributed by atoms with E-state index >= 15 is 0 Å². The largest absolute Gasteiger partial charge is 0.481 e. The first-order valence-corrected chi connectivity index (χ1v) is 7.29. The van der Waals surface area contributed by atoms with Crippen molar-refractivity contribution in [3.8, 4) is 0 Å². The monoisotopic (exact) mass is 268 g/mol. The minimum Gasteiger partial charge on any atom is -0.481 e. The lowest BCUT2D eigenvalue weighted by atomic mass is 9.89. The van der Waals surface area contributed by atoms with E-state index in [9.17, 15) is 9.18 Å². The van der Waals surface area contributed by atoms with Gasteiger partial charge in [-0.05, 0) is 43.4 Å². The van der Waals surface area contributed by atoms with E-state index < -0.39 is 5.97 Å². The van der Waals surface area contributed by atoms with Gasteiger partial charge in [-0.25, -0.2) is 4.39 Å². The van der Waals surface area contributed by atoms with Crippen LogP contribution in [0.25, 0.3) is 0 Å². The van der Waals surface area contributed by atoms with Crippen LogP contribution in [0, 0.1) is 11.7 Å². The van der Waals surface area contributed by atoms with E-state index in [1.54, 1.807) is 12.1 Å². The predicted octanol–water partition coefficient (Wildman–Crippen LogP) is 3.70. The van der Waals surface area contributed by atoms with Crippen LogP contribution in [-0.2, 0) is 10.5 Å². The molecule has 4 heteroatoms. The number of thioether (sulfide) groups is 1. The molecule has 1 aliphatic carbocycles. The number of rotatable bonds is 4. The molecule has 0 saturated heterocycles. The topological polar surface area (TPSA) is 37.3 Å². The van der Waals surface area contributed by atoms with Crippen molar-refractivity contribution in [2.75, 3.05) is 0 Å². The third-order valence-corrected chi connectivity index (χ3v) is 4.84. The second-order valence-corrected chi connectivity index (χ2v) is 6.04. The zero-order chi connectivity index (χ0) is 13.0. The number of carboxylic acids is 1. The zero-order valence-electron chi connectivity index (χ0n) is 10.1. The molecule has 98 valence electrons. The van der Waals surface area contributed by atoms with Crippen LogP contribution in [0.15, 0.2) is 24.3 Å². The molecule has 1 saturated carbocycles. The Kier molecular flexibility index (Phi) is 4.64. The van der Waals surface area contributed by atoms with Crippen molar-refractivity contribution in [1.82, 2.24) is 0 Å². The lowest BCUT2D eigenvalue weighted by Crippen LogP contribution is -2.22. The lowest BCUT2D eigenvalue weighted by molar-refractivity contribution is -0.142. The fourth-order valence-corrected chi connectivity index (χ4v) is 3.53. The van der Waals surface area contributed by atoms with Crippen molar-refractivity contribution in [2.45, 2.75) is 36.7 Å². The van der Waals surface area contributed by atoms with Gasteiger partial charge in [0.2, 0.25) is 0 Å². The molecule has 0 radical (unpaired) electrons. The van der Waals surface area contributed by atoms with Gasteiger partial charge in [0.1, 0.15) is 5.82 Å². The molecule has 1 N–H and O–H groups in total. The smallest absolute Gasteiger partial charge is 0.306 e. The summed E-state index contributed by atoms with van der Waals surface area (Å²) in [5, 5.41) is 9.43. The van der Waals surface area contributed by atoms with Crippen molar-refractivity contribution in [3.63, 3.8) is 0 Å². The molecule has 1 fully saturated rings. The molecule has 0 aliphatic heterocycles. The van der Waals surface area contributed by atoms with Gasteiger partial charge in [-0.3, -0.25) is 4.79 Å². The molecule has 0 heterocycles. The normalized spacial score (nSPS) is 23.8. The number of halogens is 1. The van der Waals surface area contributed by atoms with Crippen molar-refractivity contribution >= 4 is 17.7 Å². The Balaban J connectivity index is 1.77. The average molecular weight is 268 g/mol. The van der Waals surface area contributed by atoms with Crippen LogP contribution < -0.4 is 0 Å². The van der Waals surface area contributed by atoms with Gasteiger partial charge in [-0.2, -0.15) is 11.8 Å². The first-order chi connectivity index (χ1) is 8.65. The fourth-order valence-electron chi connectivity index (χ4n) is 2.32. The number of carbonyl (C=O) groups is 1. The quantitative estimate of drug-likeness (QED) is 0.904. The molecule has 2 nitrogen and oxygen atoms in total. The predicted molar refractivity (Wildman–Crippen MR) is 71.1 cm³/mol. The van der Waals surface area contributed by atoms with E-state index in [1.165, 1.54) is 6.07 Å². The number of hydrogen-bond acceptors (Lipinski definition) is 2. The van der Waals surface area contributed by atoms with Crippen molar-refractivity contribution < 1.29 is 14.3 Å². The second kappa shape index (κ2) is 6.23. The van der Waals surface area contributed by atoms with Gasteiger partial charge in [0.05, 0.1) is 5.92 Å². The van der Waals surface area contributed by atoms with E-state index in [0.717, 1.165) is 37.0 Å². The maximum Gasteiger partial charge on any atom is 0.306 e. The van der Waals surface area contributed by atoms with Gasteiger partial charge in [0.25, 0.3) is 0 Å². The first kappa shape index (κ1) is 13.4. The molecule has 0 unspecified atom stereocenters. The number of benzene rings is 1. The molecule has 1 aromatic rings. The van der Waals surface area contributed by atoms with Crippen LogP contribution in [0.1, 0.15) is 31.2 Å². The van der Waals surface area contributed by atoms with Crippen molar-refractivity contribution in [3.05, 3.63) is 35.6 Å². The lowest BCUT2D eigenvalue weighted by Gasteiger charge is -2.25. The van der Waals surface area contributed by atoms with E-state index in [4.69, 9.17) is 5.11 Å². The third kappa shape index (κ3) is 3.73. The van der Waals surface area contributed by atoms with Crippen LogP contribution in [0.3, 0.4) is 0 Å². The van der Waals surface area contributed by atoms with Crippen LogP contribution >= 0.6 is 11.8 Å². The molecule has 0 aromatic heterocycles. The maximum atomic E-state index is 13.0. The SMILES string of the molecule is O=C(O)C1CCC(SCc2cccc(F)c2)CC1. The molecule has 1 aromatic carbocycles. The molecule has 18 heavy (non-hydrogen) atoms. The number of carboxylic acid groups (broad SMARTS) is 1. The second-order valence-electron chi connectivity index (χ2n) is 4.75. The summed E-state index contributed by atoms with van der Waals surface area (Å²) in [4.78, 5) is 10.8. The van der Waals surface area contributed by atoms with Gasteiger partial charge >= 0.3 is 5.97 Å². The van der Waals surface area contributed by atoms with Gasteiger partial charge in [-0.1, -0.05) is 12.1 Å². The van der Waals surface area contributed by atoms with E-state index in [2.05, 4.69) is 0 Å². The molecule has 0 bridgehead atoms. The van der Waals surface area contributed by atoms with Crippen LogP contribution in [0.2, 0.25) is 0 Å². The molecule has 0 spiro atoms. The summed E-state index contributed by atoms with van der Waals surface area (Å²) < 4.78 is 13.0. The van der Waals surface area contributed by atoms with Crippen molar-refractivity contribution in [1.29, 1.82) is 0 Å². The highest BCUT2D eigenvalue weighted by Gasteiger charge is 2.25. The Morgan fingerprint density at radius 1 is 1.33 bits per heavy atom. The highest BCUT2D eigenvalue weighted by Crippen LogP contribution is 2.33. The Hall–Kier alpha value is -1.03. The summed E-state index contributed by atoms with van der Waals surface area (Å²) in [6.07, 6.45) is 3.46. The maximum absolute atomic E-state index is 13.0. The van der Waals surface area contributed by atoms with Crippen LogP contribution in [0.4, 0.5) is 4.39 Å². The summed E-state index contributed by atoms with van der Waals surface area (Å²) in [6, 6.07) is 6.67. The van der Waals surface area contributed by atoms with Gasteiger partial charge < -0.3 is 5.11 Å².